The minimum atomic E-state index is -1.03. The number of methoxy groups -OCH3 is 1. The van der Waals surface area contributed by atoms with Gasteiger partial charge in [0.1, 0.15) is 5.03 Å². The summed E-state index contributed by atoms with van der Waals surface area (Å²) in [4.78, 5) is 18.4. The number of fused-ring (bicyclic) bond motifs is 1. The van der Waals surface area contributed by atoms with Gasteiger partial charge < -0.3 is 10.1 Å². The van der Waals surface area contributed by atoms with Crippen LogP contribution in [-0.2, 0) is 9.53 Å². The number of hydrogen-bond acceptors (Lipinski definition) is 5. The molecular formula is C18H25N3O2S. The molecule has 0 radical (unpaired) electrons. The zero-order valence-electron chi connectivity index (χ0n) is 14.7. The molecule has 0 aliphatic rings. The number of amides is 1. The van der Waals surface area contributed by atoms with Gasteiger partial charge in [-0.05, 0) is 25.2 Å². The second-order valence-electron chi connectivity index (χ2n) is 5.44. The molecule has 2 aromatic rings. The molecule has 24 heavy (non-hydrogen) atoms. The zero-order valence-corrected chi connectivity index (χ0v) is 15.5. The summed E-state index contributed by atoms with van der Waals surface area (Å²) >= 11 is 1.36. The third-order valence-electron chi connectivity index (χ3n) is 4.07. The van der Waals surface area contributed by atoms with E-state index in [-0.39, 0.29) is 5.91 Å². The third kappa shape index (κ3) is 4.06. The number of benzene rings is 1. The Labute approximate surface area is 147 Å². The first-order valence-corrected chi connectivity index (χ1v) is 8.94. The first kappa shape index (κ1) is 18.7. The summed E-state index contributed by atoms with van der Waals surface area (Å²) in [6.07, 6.45) is 0. The van der Waals surface area contributed by atoms with Crippen molar-refractivity contribution in [1.29, 1.82) is 0 Å². The van der Waals surface area contributed by atoms with Gasteiger partial charge >= 0.3 is 0 Å². The Morgan fingerprint density at radius 1 is 1.25 bits per heavy atom. The quantitative estimate of drug-likeness (QED) is 0.588. The van der Waals surface area contributed by atoms with Crippen LogP contribution >= 0.6 is 11.8 Å². The van der Waals surface area contributed by atoms with Gasteiger partial charge in [0, 0.05) is 26.1 Å². The molecule has 5 nitrogen and oxygen atoms in total. The third-order valence-corrected chi connectivity index (χ3v) is 5.32. The smallest absolute Gasteiger partial charge is 0.264 e. The molecule has 1 aromatic heterocycles. The Bertz CT molecular complexity index is 691. The van der Waals surface area contributed by atoms with Crippen LogP contribution in [0.3, 0.4) is 0 Å². The van der Waals surface area contributed by atoms with Crippen molar-refractivity contribution < 1.29 is 9.53 Å². The monoisotopic (exact) mass is 347 g/mol. The molecule has 0 saturated heterocycles. The lowest BCUT2D eigenvalue weighted by molar-refractivity contribution is -0.134. The molecule has 0 spiro atoms. The summed E-state index contributed by atoms with van der Waals surface area (Å²) in [6, 6.07) is 11.9. The number of carbonyl (C=O) groups excluding carboxylic acids is 1. The number of ether oxygens (including phenoxy) is 1. The van der Waals surface area contributed by atoms with Gasteiger partial charge in [-0.1, -0.05) is 49.9 Å². The van der Waals surface area contributed by atoms with Gasteiger partial charge in [0.05, 0.1) is 5.52 Å². The van der Waals surface area contributed by atoms with Gasteiger partial charge in [0.2, 0.25) is 4.93 Å². The molecule has 0 fully saturated rings. The van der Waals surface area contributed by atoms with Crippen LogP contribution < -0.4 is 5.32 Å². The van der Waals surface area contributed by atoms with E-state index in [9.17, 15) is 4.79 Å². The van der Waals surface area contributed by atoms with Crippen molar-refractivity contribution in [2.24, 2.45) is 0 Å². The number of nitrogens with one attached hydrogen (secondary N) is 1. The summed E-state index contributed by atoms with van der Waals surface area (Å²) in [5, 5.41) is 4.58. The average Bonchev–Trinajstić information content (AvgIpc) is 2.64. The minimum absolute atomic E-state index is 0.156. The number of hydrogen-bond donors (Lipinski definition) is 1. The Kier molecular flexibility index (Phi) is 6.60. The van der Waals surface area contributed by atoms with Crippen molar-refractivity contribution in [3.63, 3.8) is 0 Å². The topological polar surface area (TPSA) is 54.5 Å². The Morgan fingerprint density at radius 2 is 1.96 bits per heavy atom. The molecule has 6 heteroatoms. The maximum absolute atomic E-state index is 12.6. The SMILES string of the molecule is CCN(CC)CC(OC)(Sc1ccc2ccccc2n1)C(=O)NC. The van der Waals surface area contributed by atoms with E-state index >= 15 is 0 Å². The number of aromatic nitrogens is 1. The molecule has 0 saturated carbocycles. The van der Waals surface area contributed by atoms with Crippen LogP contribution in [0.15, 0.2) is 41.4 Å². The van der Waals surface area contributed by atoms with Gasteiger partial charge in [0.25, 0.3) is 5.91 Å². The van der Waals surface area contributed by atoms with Crippen LogP contribution in [0.4, 0.5) is 0 Å². The molecule has 130 valence electrons. The molecule has 1 heterocycles. The van der Waals surface area contributed by atoms with Crippen LogP contribution in [0, 0.1) is 0 Å². The largest absolute Gasteiger partial charge is 0.357 e. The highest BCUT2D eigenvalue weighted by atomic mass is 32.2. The maximum Gasteiger partial charge on any atom is 0.264 e. The fourth-order valence-corrected chi connectivity index (χ4v) is 3.70. The van der Waals surface area contributed by atoms with E-state index in [1.807, 2.05) is 36.4 Å². The average molecular weight is 347 g/mol. The number of para-hydroxylation sites is 1. The Hall–Kier alpha value is -1.63. The number of rotatable bonds is 8. The molecule has 0 aliphatic heterocycles. The lowest BCUT2D eigenvalue weighted by atomic mass is 10.2. The number of pyridine rings is 1. The summed E-state index contributed by atoms with van der Waals surface area (Å²) in [7, 11) is 3.21. The van der Waals surface area contributed by atoms with E-state index < -0.39 is 4.93 Å². The summed E-state index contributed by atoms with van der Waals surface area (Å²) in [5.74, 6) is -0.156. The summed E-state index contributed by atoms with van der Waals surface area (Å²) in [5.41, 5.74) is 0.909. The minimum Gasteiger partial charge on any atom is -0.357 e. The van der Waals surface area contributed by atoms with Crippen LogP contribution in [0.1, 0.15) is 13.8 Å². The van der Waals surface area contributed by atoms with Crippen molar-refractivity contribution in [3.05, 3.63) is 36.4 Å². The van der Waals surface area contributed by atoms with E-state index in [2.05, 4.69) is 29.0 Å². The van der Waals surface area contributed by atoms with Crippen LogP contribution in [0.5, 0.6) is 0 Å². The number of carbonyl (C=O) groups is 1. The normalized spacial score (nSPS) is 13.9. The summed E-state index contributed by atoms with van der Waals surface area (Å²) < 4.78 is 5.71. The van der Waals surface area contributed by atoms with Crippen molar-refractivity contribution in [2.45, 2.75) is 23.8 Å². The highest BCUT2D eigenvalue weighted by molar-refractivity contribution is 8.01. The Morgan fingerprint density at radius 3 is 2.58 bits per heavy atom. The van der Waals surface area contributed by atoms with E-state index in [4.69, 9.17) is 4.74 Å². The first-order valence-electron chi connectivity index (χ1n) is 8.13. The van der Waals surface area contributed by atoms with E-state index in [0.717, 1.165) is 29.0 Å². The van der Waals surface area contributed by atoms with Gasteiger partial charge in [0.15, 0.2) is 0 Å². The highest BCUT2D eigenvalue weighted by Gasteiger charge is 2.41. The van der Waals surface area contributed by atoms with E-state index in [1.165, 1.54) is 11.8 Å². The predicted octanol–water partition coefficient (Wildman–Crippen LogP) is 2.76. The Balaban J connectivity index is 2.36. The number of likely N-dealkylation sites (N-methyl/N-ethyl adjacent to an activating group) is 2. The van der Waals surface area contributed by atoms with Crippen LogP contribution in [0.25, 0.3) is 10.9 Å². The van der Waals surface area contributed by atoms with Gasteiger partial charge in [-0.2, -0.15) is 0 Å². The van der Waals surface area contributed by atoms with Crippen molar-refractivity contribution in [1.82, 2.24) is 15.2 Å². The molecule has 0 aliphatic carbocycles. The number of thioether (sulfide) groups is 1. The summed E-state index contributed by atoms with van der Waals surface area (Å²) in [6.45, 7) is 6.35. The second kappa shape index (κ2) is 8.46. The maximum atomic E-state index is 12.6. The van der Waals surface area contributed by atoms with Crippen molar-refractivity contribution in [3.8, 4) is 0 Å². The highest BCUT2D eigenvalue weighted by Crippen LogP contribution is 2.34. The van der Waals surface area contributed by atoms with Crippen LogP contribution in [0.2, 0.25) is 0 Å². The van der Waals surface area contributed by atoms with Gasteiger partial charge in [-0.15, -0.1) is 0 Å². The molecular weight excluding hydrogens is 322 g/mol. The molecule has 2 rings (SSSR count). The molecule has 1 amide bonds. The van der Waals surface area contributed by atoms with Crippen molar-refractivity contribution in [2.75, 3.05) is 33.8 Å². The predicted molar refractivity (Wildman–Crippen MR) is 99.2 cm³/mol. The fourth-order valence-electron chi connectivity index (χ4n) is 2.55. The lowest BCUT2D eigenvalue weighted by Gasteiger charge is -2.34. The molecule has 1 aromatic carbocycles. The molecule has 1 atom stereocenters. The molecule has 1 N–H and O–H groups in total. The van der Waals surface area contributed by atoms with Gasteiger partial charge in [-0.25, -0.2) is 4.98 Å². The van der Waals surface area contributed by atoms with E-state index in [0.29, 0.717) is 6.54 Å². The van der Waals surface area contributed by atoms with Gasteiger partial charge in [-0.3, -0.25) is 9.69 Å². The van der Waals surface area contributed by atoms with Crippen LogP contribution in [-0.4, -0.2) is 54.5 Å². The fraction of sp³-hybridized carbons (Fsp3) is 0.444. The standard InChI is InChI=1S/C18H25N3O2S/c1-5-21(6-2)13-18(23-4,17(22)19-3)24-16-12-11-14-9-7-8-10-15(14)20-16/h7-12H,5-6,13H2,1-4H3,(H,19,22). The lowest BCUT2D eigenvalue weighted by Crippen LogP contribution is -2.52. The molecule has 0 bridgehead atoms. The van der Waals surface area contributed by atoms with Crippen molar-refractivity contribution >= 4 is 28.6 Å². The zero-order chi connectivity index (χ0) is 17.6. The molecule has 1 unspecified atom stereocenters. The first-order chi connectivity index (χ1) is 11.6. The number of nitrogens with zero attached hydrogens (tertiary/aromatic N) is 2. The second-order valence-corrected chi connectivity index (χ2v) is 6.72. The van der Waals surface area contributed by atoms with E-state index in [1.54, 1.807) is 14.2 Å².